The molecular formula is C24H30O6. The fourth-order valence-electron chi connectivity index (χ4n) is 4.82. The lowest BCUT2D eigenvalue weighted by Crippen LogP contribution is -2.34. The van der Waals surface area contributed by atoms with Gasteiger partial charge in [0.25, 0.3) is 0 Å². The molecule has 0 amide bonds. The third-order valence-electron chi connectivity index (χ3n) is 6.35. The molecule has 0 saturated carbocycles. The van der Waals surface area contributed by atoms with Crippen LogP contribution < -0.4 is 9.47 Å². The Balaban J connectivity index is 1.76. The fourth-order valence-corrected chi connectivity index (χ4v) is 4.82. The minimum absolute atomic E-state index is 0.00942. The van der Waals surface area contributed by atoms with Crippen molar-refractivity contribution in [2.24, 2.45) is 11.8 Å². The van der Waals surface area contributed by atoms with E-state index in [1.165, 1.54) is 0 Å². The maximum Gasteiger partial charge on any atom is 0.161 e. The van der Waals surface area contributed by atoms with E-state index in [9.17, 15) is 10.2 Å². The molecule has 1 fully saturated rings. The highest BCUT2D eigenvalue weighted by Crippen LogP contribution is 2.51. The molecule has 1 aliphatic heterocycles. The Morgan fingerprint density at radius 2 is 1.77 bits per heavy atom. The number of phenolic OH excluding ortho intramolecular Hbond substituents is 2. The maximum absolute atomic E-state index is 10.5. The smallest absolute Gasteiger partial charge is 0.161 e. The number of rotatable bonds is 7. The Bertz CT molecular complexity index is 896. The van der Waals surface area contributed by atoms with E-state index in [-0.39, 0.29) is 35.5 Å². The molecule has 2 aromatic carbocycles. The van der Waals surface area contributed by atoms with Gasteiger partial charge >= 0.3 is 0 Å². The van der Waals surface area contributed by atoms with Crippen molar-refractivity contribution in [2.75, 3.05) is 27.4 Å². The van der Waals surface area contributed by atoms with Crippen LogP contribution in [0.4, 0.5) is 0 Å². The number of phenols is 2. The first-order valence-corrected chi connectivity index (χ1v) is 10.6. The molecule has 1 saturated heterocycles. The molecule has 2 aromatic rings. The topological polar surface area (TPSA) is 77.4 Å². The van der Waals surface area contributed by atoms with Crippen molar-refractivity contribution in [1.29, 1.82) is 0 Å². The van der Waals surface area contributed by atoms with E-state index in [0.29, 0.717) is 24.7 Å². The summed E-state index contributed by atoms with van der Waals surface area (Å²) in [4.78, 5) is 0. The van der Waals surface area contributed by atoms with Crippen molar-refractivity contribution in [1.82, 2.24) is 0 Å². The van der Waals surface area contributed by atoms with Gasteiger partial charge in [-0.05, 0) is 53.8 Å². The van der Waals surface area contributed by atoms with Gasteiger partial charge in [0, 0.05) is 24.4 Å². The number of aromatic hydroxyl groups is 2. The molecule has 2 N–H and O–H groups in total. The Morgan fingerprint density at radius 3 is 2.50 bits per heavy atom. The van der Waals surface area contributed by atoms with Gasteiger partial charge < -0.3 is 29.2 Å². The van der Waals surface area contributed by atoms with Gasteiger partial charge in [-0.1, -0.05) is 19.4 Å². The number of hydrogen-bond acceptors (Lipinski definition) is 6. The van der Waals surface area contributed by atoms with E-state index in [4.69, 9.17) is 18.9 Å². The number of benzene rings is 2. The minimum Gasteiger partial charge on any atom is -0.504 e. The van der Waals surface area contributed by atoms with Crippen LogP contribution in [0.1, 0.15) is 42.4 Å². The SMILES string of the molecule is CCCCO[C@H]1OC[C@@H]2[C@@H](c3ccc(O)c(OC)c3)c3cc(O)c(OC)cc3C[C@@H]12. The molecule has 30 heavy (non-hydrogen) atoms. The van der Waals surface area contributed by atoms with E-state index >= 15 is 0 Å². The van der Waals surface area contributed by atoms with Gasteiger partial charge in [0.05, 0.1) is 20.8 Å². The van der Waals surface area contributed by atoms with Crippen molar-refractivity contribution < 1.29 is 29.2 Å². The zero-order valence-electron chi connectivity index (χ0n) is 17.8. The highest BCUT2D eigenvalue weighted by Gasteiger charge is 2.47. The second-order valence-electron chi connectivity index (χ2n) is 8.09. The Labute approximate surface area is 177 Å². The predicted octanol–water partition coefficient (Wildman–Crippen LogP) is 4.21. The molecule has 0 unspecified atom stereocenters. The van der Waals surface area contributed by atoms with E-state index in [1.54, 1.807) is 26.4 Å². The minimum atomic E-state index is -0.240. The summed E-state index contributed by atoms with van der Waals surface area (Å²) in [5.74, 6) is 1.53. The van der Waals surface area contributed by atoms with Crippen LogP contribution in [0.25, 0.3) is 0 Å². The van der Waals surface area contributed by atoms with Crippen molar-refractivity contribution in [3.05, 3.63) is 47.0 Å². The second-order valence-corrected chi connectivity index (χ2v) is 8.09. The van der Waals surface area contributed by atoms with Gasteiger partial charge in [0.1, 0.15) is 0 Å². The fraction of sp³-hybridized carbons (Fsp3) is 0.500. The zero-order chi connectivity index (χ0) is 21.3. The molecule has 1 aliphatic carbocycles. The monoisotopic (exact) mass is 414 g/mol. The molecule has 4 atom stereocenters. The van der Waals surface area contributed by atoms with Crippen LogP contribution >= 0.6 is 0 Å². The zero-order valence-corrected chi connectivity index (χ0v) is 17.8. The van der Waals surface area contributed by atoms with Gasteiger partial charge in [-0.3, -0.25) is 0 Å². The first kappa shape index (κ1) is 20.8. The molecule has 0 aromatic heterocycles. The van der Waals surface area contributed by atoms with Gasteiger partial charge in [-0.15, -0.1) is 0 Å². The molecule has 6 heteroatoms. The van der Waals surface area contributed by atoms with Gasteiger partial charge in [-0.25, -0.2) is 0 Å². The van der Waals surface area contributed by atoms with Crippen LogP contribution in [0, 0.1) is 11.8 Å². The lowest BCUT2D eigenvalue weighted by molar-refractivity contribution is -0.131. The normalized spacial score (nSPS) is 24.9. The first-order chi connectivity index (χ1) is 14.6. The summed E-state index contributed by atoms with van der Waals surface area (Å²) >= 11 is 0. The Hall–Kier alpha value is -2.44. The summed E-state index contributed by atoms with van der Waals surface area (Å²) < 4.78 is 22.9. The molecule has 0 radical (unpaired) electrons. The maximum atomic E-state index is 10.5. The molecule has 0 spiro atoms. The summed E-state index contributed by atoms with van der Waals surface area (Å²) in [5, 5.41) is 20.5. The summed E-state index contributed by atoms with van der Waals surface area (Å²) in [6.45, 7) is 3.42. The average Bonchev–Trinajstić information content (AvgIpc) is 3.15. The van der Waals surface area contributed by atoms with Crippen molar-refractivity contribution in [3.63, 3.8) is 0 Å². The summed E-state index contributed by atoms with van der Waals surface area (Å²) in [7, 11) is 3.11. The number of ether oxygens (including phenoxy) is 4. The molecule has 1 heterocycles. The Kier molecular flexibility index (Phi) is 6.06. The molecular weight excluding hydrogens is 384 g/mol. The second kappa shape index (κ2) is 8.74. The number of methoxy groups -OCH3 is 2. The third kappa shape index (κ3) is 3.70. The first-order valence-electron chi connectivity index (χ1n) is 10.6. The molecule has 2 aliphatic rings. The number of hydrogen-bond donors (Lipinski definition) is 2. The summed E-state index contributed by atoms with van der Waals surface area (Å²) in [6, 6.07) is 9.18. The van der Waals surface area contributed by atoms with Gasteiger partial charge in [0.2, 0.25) is 0 Å². The molecule has 4 rings (SSSR count). The van der Waals surface area contributed by atoms with Crippen LogP contribution in [0.15, 0.2) is 30.3 Å². The predicted molar refractivity (Wildman–Crippen MR) is 112 cm³/mol. The van der Waals surface area contributed by atoms with Gasteiger partial charge in [-0.2, -0.15) is 0 Å². The van der Waals surface area contributed by atoms with E-state index in [2.05, 4.69) is 6.92 Å². The van der Waals surface area contributed by atoms with Crippen LogP contribution in [0.5, 0.6) is 23.0 Å². The van der Waals surface area contributed by atoms with Crippen LogP contribution in [0.3, 0.4) is 0 Å². The van der Waals surface area contributed by atoms with Crippen LogP contribution in [-0.2, 0) is 15.9 Å². The highest BCUT2D eigenvalue weighted by molar-refractivity contribution is 5.53. The van der Waals surface area contributed by atoms with Crippen LogP contribution in [-0.4, -0.2) is 43.9 Å². The van der Waals surface area contributed by atoms with Crippen molar-refractivity contribution in [3.8, 4) is 23.0 Å². The van der Waals surface area contributed by atoms with E-state index in [0.717, 1.165) is 36.0 Å². The highest BCUT2D eigenvalue weighted by atomic mass is 16.7. The number of fused-ring (bicyclic) bond motifs is 2. The number of unbranched alkanes of at least 4 members (excludes halogenated alkanes) is 1. The van der Waals surface area contributed by atoms with Crippen molar-refractivity contribution >= 4 is 0 Å². The Morgan fingerprint density at radius 1 is 1.00 bits per heavy atom. The molecule has 0 bridgehead atoms. The quantitative estimate of drug-likeness (QED) is 0.661. The molecule has 6 nitrogen and oxygen atoms in total. The standard InChI is InChI=1S/C24H30O6/c1-4-5-8-29-24-17-9-15-11-22(28-3)20(26)12-16(15)23(18(17)13-30-24)14-6-7-19(25)21(10-14)27-2/h6-7,10-12,17-18,23-26H,4-5,8-9,13H2,1-3H3/t17-,18+,23+,24+/m1/s1. The average molecular weight is 414 g/mol. The van der Waals surface area contributed by atoms with Crippen molar-refractivity contribution in [2.45, 2.75) is 38.4 Å². The lowest BCUT2D eigenvalue weighted by Gasteiger charge is -2.37. The van der Waals surface area contributed by atoms with Gasteiger partial charge in [0.15, 0.2) is 29.3 Å². The largest absolute Gasteiger partial charge is 0.504 e. The summed E-state index contributed by atoms with van der Waals surface area (Å²) in [5.41, 5.74) is 3.20. The van der Waals surface area contributed by atoms with E-state index in [1.807, 2.05) is 18.2 Å². The summed E-state index contributed by atoms with van der Waals surface area (Å²) in [6.07, 6.45) is 2.65. The molecule has 162 valence electrons. The third-order valence-corrected chi connectivity index (χ3v) is 6.35. The van der Waals surface area contributed by atoms with Crippen LogP contribution in [0.2, 0.25) is 0 Å². The lowest BCUT2D eigenvalue weighted by atomic mass is 9.67. The van der Waals surface area contributed by atoms with E-state index < -0.39 is 0 Å².